The summed E-state index contributed by atoms with van der Waals surface area (Å²) in [5, 5.41) is 2.83. The number of anilines is 1. The number of aromatic nitrogens is 1. The number of benzene rings is 2. The van der Waals surface area contributed by atoms with Crippen molar-refractivity contribution in [1.82, 2.24) is 9.29 Å². The zero-order valence-electron chi connectivity index (χ0n) is 15.5. The third-order valence-electron chi connectivity index (χ3n) is 5.09. The topological polar surface area (TPSA) is 79.4 Å². The molecule has 1 saturated heterocycles. The summed E-state index contributed by atoms with van der Waals surface area (Å²) in [4.78, 5) is 17.0. The van der Waals surface area contributed by atoms with Gasteiger partial charge < -0.3 is 5.32 Å². The number of rotatable bonds is 4. The molecule has 1 aliphatic heterocycles. The first-order valence-electron chi connectivity index (χ1n) is 9.18. The first kappa shape index (κ1) is 19.0. The van der Waals surface area contributed by atoms with E-state index >= 15 is 0 Å². The molecular formula is C20H21N3O3S2. The van der Waals surface area contributed by atoms with E-state index in [-0.39, 0.29) is 10.8 Å². The van der Waals surface area contributed by atoms with Crippen LogP contribution in [-0.4, -0.2) is 36.7 Å². The molecule has 2 heterocycles. The molecule has 1 aliphatic rings. The predicted octanol–water partition coefficient (Wildman–Crippen LogP) is 3.97. The molecule has 0 bridgehead atoms. The van der Waals surface area contributed by atoms with Crippen LogP contribution in [0, 0.1) is 5.92 Å². The zero-order valence-corrected chi connectivity index (χ0v) is 17.1. The van der Waals surface area contributed by atoms with Gasteiger partial charge in [0.15, 0.2) is 0 Å². The summed E-state index contributed by atoms with van der Waals surface area (Å²) in [5.74, 6) is 0.270. The van der Waals surface area contributed by atoms with Crippen molar-refractivity contribution in [2.45, 2.75) is 24.7 Å². The van der Waals surface area contributed by atoms with Crippen molar-refractivity contribution in [3.63, 3.8) is 0 Å². The van der Waals surface area contributed by atoms with Crippen molar-refractivity contribution in [3.8, 4) is 0 Å². The van der Waals surface area contributed by atoms with E-state index in [1.165, 1.54) is 16.4 Å². The lowest BCUT2D eigenvalue weighted by Crippen LogP contribution is -2.37. The van der Waals surface area contributed by atoms with Gasteiger partial charge in [0.2, 0.25) is 10.0 Å². The number of piperidine rings is 1. The quantitative estimate of drug-likeness (QED) is 0.699. The second-order valence-electron chi connectivity index (χ2n) is 7.10. The highest BCUT2D eigenvalue weighted by Gasteiger charge is 2.28. The molecule has 0 unspecified atom stereocenters. The molecule has 146 valence electrons. The number of thiazole rings is 1. The smallest absolute Gasteiger partial charge is 0.255 e. The number of sulfonamides is 1. The van der Waals surface area contributed by atoms with E-state index in [1.807, 2.05) is 18.2 Å². The van der Waals surface area contributed by atoms with E-state index in [9.17, 15) is 13.2 Å². The standard InChI is InChI=1S/C20H21N3O3S2/c1-14-8-10-23(11-9-14)28(25,26)17-5-2-15(3-6-17)20(24)22-16-4-7-19-18(12-16)21-13-27-19/h2-7,12-14H,8-11H2,1H3,(H,22,24). The third-order valence-corrected chi connectivity index (χ3v) is 7.81. The van der Waals surface area contributed by atoms with Crippen molar-refractivity contribution >= 4 is 43.2 Å². The predicted molar refractivity (Wildman–Crippen MR) is 111 cm³/mol. The SMILES string of the molecule is CC1CCN(S(=O)(=O)c2ccc(C(=O)Nc3ccc4scnc4c3)cc2)CC1. The Balaban J connectivity index is 1.48. The van der Waals surface area contributed by atoms with Gasteiger partial charge in [-0.25, -0.2) is 13.4 Å². The molecule has 1 N–H and O–H groups in total. The summed E-state index contributed by atoms with van der Waals surface area (Å²) in [5.41, 5.74) is 3.66. The van der Waals surface area contributed by atoms with Crippen LogP contribution in [0.15, 0.2) is 52.9 Å². The van der Waals surface area contributed by atoms with Crippen LogP contribution >= 0.6 is 11.3 Å². The summed E-state index contributed by atoms with van der Waals surface area (Å²) in [7, 11) is -3.51. The summed E-state index contributed by atoms with van der Waals surface area (Å²) >= 11 is 1.54. The molecule has 0 spiro atoms. The largest absolute Gasteiger partial charge is 0.322 e. The fourth-order valence-corrected chi connectivity index (χ4v) is 5.42. The molecule has 4 rings (SSSR count). The van der Waals surface area contributed by atoms with Crippen molar-refractivity contribution in [2.24, 2.45) is 5.92 Å². The molecule has 0 saturated carbocycles. The van der Waals surface area contributed by atoms with Gasteiger partial charge in [0.1, 0.15) is 0 Å². The number of hydrogen-bond acceptors (Lipinski definition) is 5. The van der Waals surface area contributed by atoms with Crippen LogP contribution in [-0.2, 0) is 10.0 Å². The lowest BCUT2D eigenvalue weighted by molar-refractivity contribution is 0.102. The van der Waals surface area contributed by atoms with Crippen LogP contribution in [0.3, 0.4) is 0 Å². The monoisotopic (exact) mass is 415 g/mol. The number of nitrogens with one attached hydrogen (secondary N) is 1. The molecule has 6 nitrogen and oxygen atoms in total. The second-order valence-corrected chi connectivity index (χ2v) is 9.92. The number of nitrogens with zero attached hydrogens (tertiary/aromatic N) is 2. The van der Waals surface area contributed by atoms with E-state index < -0.39 is 10.0 Å². The Morgan fingerprint density at radius 1 is 1.14 bits per heavy atom. The maximum absolute atomic E-state index is 12.8. The molecule has 0 atom stereocenters. The first-order valence-corrected chi connectivity index (χ1v) is 11.5. The molecular weight excluding hydrogens is 394 g/mol. The molecule has 3 aromatic rings. The molecule has 28 heavy (non-hydrogen) atoms. The van der Waals surface area contributed by atoms with Crippen molar-refractivity contribution in [1.29, 1.82) is 0 Å². The Morgan fingerprint density at radius 3 is 2.57 bits per heavy atom. The lowest BCUT2D eigenvalue weighted by atomic mass is 10.0. The first-order chi connectivity index (χ1) is 13.4. The number of carbonyl (C=O) groups excluding carboxylic acids is 1. The maximum atomic E-state index is 12.8. The Morgan fingerprint density at radius 2 is 1.86 bits per heavy atom. The maximum Gasteiger partial charge on any atom is 0.255 e. The van der Waals surface area contributed by atoms with E-state index in [0.29, 0.717) is 30.3 Å². The summed E-state index contributed by atoms with van der Waals surface area (Å²) in [6.07, 6.45) is 1.76. The van der Waals surface area contributed by atoms with Crippen LogP contribution in [0.25, 0.3) is 10.2 Å². The lowest BCUT2D eigenvalue weighted by Gasteiger charge is -2.29. The van der Waals surface area contributed by atoms with Gasteiger partial charge in [-0.15, -0.1) is 11.3 Å². The van der Waals surface area contributed by atoms with Crippen LogP contribution in [0.2, 0.25) is 0 Å². The van der Waals surface area contributed by atoms with E-state index in [0.717, 1.165) is 23.1 Å². The Bertz CT molecular complexity index is 1100. The van der Waals surface area contributed by atoms with Gasteiger partial charge in [0.05, 0.1) is 20.6 Å². The molecule has 0 radical (unpaired) electrons. The number of carbonyl (C=O) groups is 1. The fourth-order valence-electron chi connectivity index (χ4n) is 3.29. The van der Waals surface area contributed by atoms with Gasteiger partial charge >= 0.3 is 0 Å². The van der Waals surface area contributed by atoms with Crippen molar-refractivity contribution in [2.75, 3.05) is 18.4 Å². The van der Waals surface area contributed by atoms with Crippen LogP contribution in [0.4, 0.5) is 5.69 Å². The van der Waals surface area contributed by atoms with E-state index in [1.54, 1.807) is 29.0 Å². The van der Waals surface area contributed by atoms with Crippen LogP contribution < -0.4 is 5.32 Å². The van der Waals surface area contributed by atoms with Gasteiger partial charge in [-0.1, -0.05) is 6.92 Å². The molecule has 8 heteroatoms. The third kappa shape index (κ3) is 3.80. The average Bonchev–Trinajstić information content (AvgIpc) is 3.16. The average molecular weight is 416 g/mol. The highest BCUT2D eigenvalue weighted by Crippen LogP contribution is 2.24. The minimum atomic E-state index is -3.51. The van der Waals surface area contributed by atoms with Gasteiger partial charge in [0.25, 0.3) is 5.91 Å². The summed E-state index contributed by atoms with van der Waals surface area (Å²) in [6.45, 7) is 3.24. The highest BCUT2D eigenvalue weighted by atomic mass is 32.2. The second kappa shape index (κ2) is 7.62. The molecule has 2 aromatic carbocycles. The van der Waals surface area contributed by atoms with E-state index in [2.05, 4.69) is 17.2 Å². The highest BCUT2D eigenvalue weighted by molar-refractivity contribution is 7.89. The minimum absolute atomic E-state index is 0.225. The fraction of sp³-hybridized carbons (Fsp3) is 0.300. The van der Waals surface area contributed by atoms with Gasteiger partial charge in [-0.2, -0.15) is 4.31 Å². The van der Waals surface area contributed by atoms with Crippen molar-refractivity contribution < 1.29 is 13.2 Å². The number of fused-ring (bicyclic) bond motifs is 1. The molecule has 0 aliphatic carbocycles. The molecule has 1 aromatic heterocycles. The zero-order chi connectivity index (χ0) is 19.7. The molecule has 1 fully saturated rings. The Labute approximate surface area is 168 Å². The summed E-state index contributed by atoms with van der Waals surface area (Å²) < 4.78 is 28.2. The Hall–Kier alpha value is -2.29. The summed E-state index contributed by atoms with van der Waals surface area (Å²) in [6, 6.07) is 11.7. The number of amides is 1. The van der Waals surface area contributed by atoms with Gasteiger partial charge in [-0.05, 0) is 61.2 Å². The van der Waals surface area contributed by atoms with E-state index in [4.69, 9.17) is 0 Å². The van der Waals surface area contributed by atoms with Crippen LogP contribution in [0.1, 0.15) is 30.1 Å². The normalized spacial score (nSPS) is 16.3. The van der Waals surface area contributed by atoms with Gasteiger partial charge in [0, 0.05) is 24.3 Å². The number of hydrogen-bond donors (Lipinski definition) is 1. The Kier molecular flexibility index (Phi) is 5.18. The van der Waals surface area contributed by atoms with Gasteiger partial charge in [-0.3, -0.25) is 4.79 Å². The molecule has 1 amide bonds. The minimum Gasteiger partial charge on any atom is -0.322 e. The van der Waals surface area contributed by atoms with Crippen LogP contribution in [0.5, 0.6) is 0 Å². The van der Waals surface area contributed by atoms with Crippen molar-refractivity contribution in [3.05, 3.63) is 53.5 Å².